The Morgan fingerprint density at radius 2 is 1.95 bits per heavy atom. The second-order valence-corrected chi connectivity index (χ2v) is 5.82. The van der Waals surface area contributed by atoms with Crippen molar-refractivity contribution in [3.05, 3.63) is 70.0 Å². The monoisotopic (exact) mass is 318 g/mol. The van der Waals surface area contributed by atoms with Gasteiger partial charge < -0.3 is 0 Å². The van der Waals surface area contributed by atoms with Crippen molar-refractivity contribution in [1.82, 2.24) is 0 Å². The fraction of sp³-hybridized carbons (Fsp3) is 0.133. The van der Waals surface area contributed by atoms with Gasteiger partial charge in [-0.1, -0.05) is 6.07 Å². The smallest absolute Gasteiger partial charge is 0.269 e. The maximum atomic E-state index is 13.4. The van der Waals surface area contributed by atoms with E-state index in [0.717, 1.165) is 5.56 Å². The van der Waals surface area contributed by atoms with Gasteiger partial charge in [-0.05, 0) is 35.9 Å². The molecule has 0 bridgehead atoms. The van der Waals surface area contributed by atoms with Crippen LogP contribution in [0.15, 0.2) is 48.5 Å². The first-order valence-corrected chi connectivity index (χ1v) is 7.55. The number of hydrogen-bond acceptors (Lipinski definition) is 4. The number of amides is 1. The SMILES string of the molecule is O=C1CSC(c2ccc([N+](=O)[O-])cc2)N1c1cccc(F)c1. The van der Waals surface area contributed by atoms with E-state index in [2.05, 4.69) is 0 Å². The molecule has 7 heteroatoms. The highest BCUT2D eigenvalue weighted by molar-refractivity contribution is 8.00. The predicted molar refractivity (Wildman–Crippen MR) is 82.2 cm³/mol. The van der Waals surface area contributed by atoms with E-state index >= 15 is 0 Å². The van der Waals surface area contributed by atoms with Crippen molar-refractivity contribution in [2.24, 2.45) is 0 Å². The molecule has 2 aromatic carbocycles. The van der Waals surface area contributed by atoms with Crippen LogP contribution >= 0.6 is 11.8 Å². The van der Waals surface area contributed by atoms with E-state index < -0.39 is 10.7 Å². The van der Waals surface area contributed by atoms with Crippen LogP contribution in [0.25, 0.3) is 0 Å². The minimum absolute atomic E-state index is 0.00428. The molecule has 112 valence electrons. The van der Waals surface area contributed by atoms with Gasteiger partial charge in [0.15, 0.2) is 0 Å². The highest BCUT2D eigenvalue weighted by atomic mass is 32.2. The van der Waals surface area contributed by atoms with E-state index in [1.807, 2.05) is 0 Å². The van der Waals surface area contributed by atoms with Gasteiger partial charge in [-0.2, -0.15) is 0 Å². The molecule has 1 fully saturated rings. The zero-order valence-corrected chi connectivity index (χ0v) is 12.1. The Bertz CT molecular complexity index is 736. The van der Waals surface area contributed by atoms with Crippen LogP contribution in [0.3, 0.4) is 0 Å². The molecule has 0 spiro atoms. The molecule has 2 aromatic rings. The second-order valence-electron chi connectivity index (χ2n) is 4.76. The largest absolute Gasteiger partial charge is 0.295 e. The van der Waals surface area contributed by atoms with Crippen molar-refractivity contribution in [2.75, 3.05) is 10.7 Å². The minimum Gasteiger partial charge on any atom is -0.295 e. The number of benzene rings is 2. The molecule has 1 atom stereocenters. The van der Waals surface area contributed by atoms with Gasteiger partial charge in [-0.3, -0.25) is 19.8 Å². The molecule has 1 unspecified atom stereocenters. The second kappa shape index (κ2) is 5.76. The molecule has 1 heterocycles. The van der Waals surface area contributed by atoms with Crippen LogP contribution in [-0.4, -0.2) is 16.6 Å². The van der Waals surface area contributed by atoms with Gasteiger partial charge in [0.05, 0.1) is 10.7 Å². The Morgan fingerprint density at radius 1 is 1.23 bits per heavy atom. The third-order valence-corrected chi connectivity index (χ3v) is 4.56. The van der Waals surface area contributed by atoms with Gasteiger partial charge in [-0.25, -0.2) is 4.39 Å². The highest BCUT2D eigenvalue weighted by Crippen LogP contribution is 2.42. The standard InChI is InChI=1S/C15H11FN2O3S/c16-11-2-1-3-13(8-11)17-14(19)9-22-15(17)10-4-6-12(7-5-10)18(20)21/h1-8,15H,9H2. The predicted octanol–water partition coefficient (Wildman–Crippen LogP) is 3.51. The maximum Gasteiger partial charge on any atom is 0.269 e. The van der Waals surface area contributed by atoms with Crippen LogP contribution in [0, 0.1) is 15.9 Å². The average molecular weight is 318 g/mol. The zero-order chi connectivity index (χ0) is 15.7. The summed E-state index contributed by atoms with van der Waals surface area (Å²) >= 11 is 1.41. The normalized spacial score (nSPS) is 17.8. The summed E-state index contributed by atoms with van der Waals surface area (Å²) in [6.07, 6.45) is 0. The van der Waals surface area contributed by atoms with Crippen LogP contribution in [0.1, 0.15) is 10.9 Å². The Hall–Kier alpha value is -2.41. The first-order valence-electron chi connectivity index (χ1n) is 6.50. The summed E-state index contributed by atoms with van der Waals surface area (Å²) in [6.45, 7) is 0. The van der Waals surface area contributed by atoms with Crippen molar-refractivity contribution < 1.29 is 14.1 Å². The van der Waals surface area contributed by atoms with Gasteiger partial charge in [0.25, 0.3) is 5.69 Å². The molecule has 0 N–H and O–H groups in total. The highest BCUT2D eigenvalue weighted by Gasteiger charge is 2.34. The zero-order valence-electron chi connectivity index (χ0n) is 11.3. The van der Waals surface area contributed by atoms with Gasteiger partial charge in [0.2, 0.25) is 5.91 Å². The number of non-ortho nitro benzene ring substituents is 1. The Morgan fingerprint density at radius 3 is 2.59 bits per heavy atom. The molecule has 5 nitrogen and oxygen atoms in total. The molecule has 1 aliphatic rings. The number of nitro benzene ring substituents is 1. The lowest BCUT2D eigenvalue weighted by Gasteiger charge is -2.24. The van der Waals surface area contributed by atoms with E-state index in [1.54, 1.807) is 24.3 Å². The Balaban J connectivity index is 1.95. The van der Waals surface area contributed by atoms with Crippen LogP contribution < -0.4 is 4.90 Å². The molecule has 22 heavy (non-hydrogen) atoms. The van der Waals surface area contributed by atoms with Crippen molar-refractivity contribution in [3.8, 4) is 0 Å². The maximum absolute atomic E-state index is 13.4. The van der Waals surface area contributed by atoms with E-state index in [-0.39, 0.29) is 22.7 Å². The molecule has 0 saturated carbocycles. The van der Waals surface area contributed by atoms with E-state index in [4.69, 9.17) is 0 Å². The van der Waals surface area contributed by atoms with Crippen LogP contribution in [0.2, 0.25) is 0 Å². The van der Waals surface area contributed by atoms with Gasteiger partial charge >= 0.3 is 0 Å². The molecular formula is C15H11FN2O3S. The number of halogens is 1. The summed E-state index contributed by atoms with van der Waals surface area (Å²) < 4.78 is 13.4. The Kier molecular flexibility index (Phi) is 3.81. The molecule has 0 radical (unpaired) electrons. The summed E-state index contributed by atoms with van der Waals surface area (Å²) in [5.74, 6) is -0.235. The van der Waals surface area contributed by atoms with E-state index in [9.17, 15) is 19.3 Å². The molecule has 1 saturated heterocycles. The van der Waals surface area contributed by atoms with Gasteiger partial charge in [-0.15, -0.1) is 11.8 Å². The third-order valence-electron chi connectivity index (χ3n) is 3.34. The molecule has 1 amide bonds. The number of carbonyl (C=O) groups is 1. The van der Waals surface area contributed by atoms with Crippen LogP contribution in [0.4, 0.5) is 15.8 Å². The molecule has 0 aliphatic carbocycles. The third kappa shape index (κ3) is 2.67. The molecule has 1 aliphatic heterocycles. The summed E-state index contributed by atoms with van der Waals surface area (Å²) in [6, 6.07) is 11.9. The Labute approximate surface area is 129 Å². The first kappa shape index (κ1) is 14.5. The average Bonchev–Trinajstić information content (AvgIpc) is 2.89. The van der Waals surface area contributed by atoms with Crippen LogP contribution in [0.5, 0.6) is 0 Å². The lowest BCUT2D eigenvalue weighted by Crippen LogP contribution is -2.27. The molecule has 0 aromatic heterocycles. The lowest BCUT2D eigenvalue weighted by atomic mass is 10.1. The van der Waals surface area contributed by atoms with Crippen molar-refractivity contribution >= 4 is 29.0 Å². The number of thioether (sulfide) groups is 1. The quantitative estimate of drug-likeness (QED) is 0.642. The van der Waals surface area contributed by atoms with Crippen molar-refractivity contribution in [2.45, 2.75) is 5.37 Å². The number of nitro groups is 1. The summed E-state index contributed by atoms with van der Waals surface area (Å²) in [5, 5.41) is 10.4. The van der Waals surface area contributed by atoms with Crippen molar-refractivity contribution in [3.63, 3.8) is 0 Å². The molecular weight excluding hydrogens is 307 g/mol. The number of anilines is 1. The molecule has 3 rings (SSSR count). The van der Waals surface area contributed by atoms with Gasteiger partial charge in [0.1, 0.15) is 11.2 Å². The summed E-state index contributed by atoms with van der Waals surface area (Å²) in [5.41, 5.74) is 1.25. The van der Waals surface area contributed by atoms with E-state index in [1.165, 1.54) is 40.9 Å². The van der Waals surface area contributed by atoms with Gasteiger partial charge in [0, 0.05) is 17.8 Å². The van der Waals surface area contributed by atoms with Crippen LogP contribution in [-0.2, 0) is 4.79 Å². The van der Waals surface area contributed by atoms with E-state index in [0.29, 0.717) is 5.69 Å². The summed E-state index contributed by atoms with van der Waals surface area (Å²) in [7, 11) is 0. The summed E-state index contributed by atoms with van der Waals surface area (Å²) in [4.78, 5) is 23.9. The topological polar surface area (TPSA) is 63.4 Å². The minimum atomic E-state index is -0.471. The van der Waals surface area contributed by atoms with Crippen molar-refractivity contribution in [1.29, 1.82) is 0 Å². The lowest BCUT2D eigenvalue weighted by molar-refractivity contribution is -0.384. The fourth-order valence-corrected chi connectivity index (χ4v) is 3.51. The number of nitrogens with zero attached hydrogens (tertiary/aromatic N) is 2. The first-order chi connectivity index (χ1) is 10.6. The number of hydrogen-bond donors (Lipinski definition) is 0. The fourth-order valence-electron chi connectivity index (χ4n) is 2.34. The number of carbonyl (C=O) groups excluding carboxylic acids is 1. The number of rotatable bonds is 3.